The minimum absolute atomic E-state index is 0.0396. The van der Waals surface area contributed by atoms with Gasteiger partial charge in [0.05, 0.1) is 29.8 Å². The van der Waals surface area contributed by atoms with Crippen LogP contribution in [0.1, 0.15) is 50.2 Å². The second-order valence-corrected chi connectivity index (χ2v) is 11.7. The fraction of sp³-hybridized carbons (Fsp3) is 0.533. The molecule has 0 bridgehead atoms. The van der Waals surface area contributed by atoms with Crippen molar-refractivity contribution < 1.29 is 78.7 Å². The third-order valence-electron chi connectivity index (χ3n) is 9.11. The van der Waals surface area contributed by atoms with E-state index in [1.54, 1.807) is 20.0 Å². The van der Waals surface area contributed by atoms with Gasteiger partial charge in [0.15, 0.2) is 29.5 Å². The first-order chi connectivity index (χ1) is 22.0. The van der Waals surface area contributed by atoms with Gasteiger partial charge in [-0.1, -0.05) is 13.0 Å². The molecule has 256 valence electrons. The number of esters is 2. The zero-order valence-electron chi connectivity index (χ0n) is 25.2. The first-order valence-corrected chi connectivity index (χ1v) is 14.6. The number of ketones is 1. The molecule has 2 aliphatic carbocycles. The Balaban J connectivity index is 1.63. The minimum atomic E-state index is -2.60. The summed E-state index contributed by atoms with van der Waals surface area (Å²) >= 11 is 0. The van der Waals surface area contributed by atoms with Crippen LogP contribution < -0.4 is 10.1 Å². The minimum Gasteiger partial charge on any atom is -0.504 e. The lowest BCUT2D eigenvalue weighted by Gasteiger charge is -2.56. The molecule has 0 saturated heterocycles. The van der Waals surface area contributed by atoms with E-state index in [0.29, 0.717) is 12.0 Å². The molecule has 1 aromatic rings. The SMILES string of the molecule is CC[C@]12c3c4ccc(O)c3O[C@H]1C(OC(=O)C[C@H](CC(=O)[C@H](O)[C@@H](O)C(=O)O)C(=O)O[C@H](CC(=O)O)C(=O)O)=CC[C@@]2(O)[C@H](NC)C4. The molecule has 17 heteroatoms. The summed E-state index contributed by atoms with van der Waals surface area (Å²) in [4.78, 5) is 72.5. The van der Waals surface area contributed by atoms with E-state index >= 15 is 0 Å². The number of hydrogen-bond acceptors (Lipinski definition) is 14. The summed E-state index contributed by atoms with van der Waals surface area (Å²) in [7, 11) is 1.68. The molecule has 8 atom stereocenters. The van der Waals surface area contributed by atoms with Crippen molar-refractivity contribution in [2.45, 2.75) is 86.9 Å². The van der Waals surface area contributed by atoms with E-state index in [1.165, 1.54) is 12.1 Å². The number of nitrogens with one attached hydrogen (secondary N) is 1. The van der Waals surface area contributed by atoms with E-state index < -0.39 is 102 Å². The molecule has 0 saturated carbocycles. The van der Waals surface area contributed by atoms with E-state index in [4.69, 9.17) is 24.4 Å². The van der Waals surface area contributed by atoms with E-state index in [1.807, 2.05) is 0 Å². The van der Waals surface area contributed by atoms with E-state index in [0.717, 1.165) is 5.56 Å². The summed E-state index contributed by atoms with van der Waals surface area (Å²) in [6.07, 6.45) is -9.83. The van der Waals surface area contributed by atoms with Crippen molar-refractivity contribution in [3.63, 3.8) is 0 Å². The Bertz CT molecular complexity index is 1520. The maximum atomic E-state index is 13.3. The lowest BCUT2D eigenvalue weighted by molar-refractivity contribution is -0.172. The zero-order chi connectivity index (χ0) is 35.0. The molecular formula is C30H35NO16. The van der Waals surface area contributed by atoms with Gasteiger partial charge in [-0.3, -0.25) is 19.2 Å². The average Bonchev–Trinajstić information content (AvgIpc) is 3.39. The van der Waals surface area contributed by atoms with Crippen LogP contribution in [0.3, 0.4) is 0 Å². The number of carbonyl (C=O) groups is 6. The Labute approximate surface area is 266 Å². The monoisotopic (exact) mass is 665 g/mol. The van der Waals surface area contributed by atoms with Gasteiger partial charge < -0.3 is 55.3 Å². The largest absolute Gasteiger partial charge is 0.504 e. The van der Waals surface area contributed by atoms with E-state index in [-0.39, 0.29) is 30.1 Å². The fourth-order valence-electron chi connectivity index (χ4n) is 6.84. The molecule has 0 unspecified atom stereocenters. The van der Waals surface area contributed by atoms with Crippen molar-refractivity contribution in [3.8, 4) is 11.5 Å². The molecule has 3 aliphatic rings. The summed E-state index contributed by atoms with van der Waals surface area (Å²) in [5, 5.41) is 72.7. The number of benzene rings is 1. The van der Waals surface area contributed by atoms with Gasteiger partial charge in [0.2, 0.25) is 6.10 Å². The number of likely N-dealkylation sites (N-methyl/N-ethyl adjacent to an activating group) is 1. The number of ether oxygens (including phenoxy) is 3. The maximum absolute atomic E-state index is 13.3. The van der Waals surface area contributed by atoms with Crippen LogP contribution in [-0.2, 0) is 50.1 Å². The van der Waals surface area contributed by atoms with Gasteiger partial charge in [-0.15, -0.1) is 0 Å². The van der Waals surface area contributed by atoms with Gasteiger partial charge >= 0.3 is 29.8 Å². The average molecular weight is 666 g/mol. The molecule has 1 aliphatic heterocycles. The summed E-state index contributed by atoms with van der Waals surface area (Å²) in [5.41, 5.74) is -1.35. The Morgan fingerprint density at radius 1 is 1.02 bits per heavy atom. The molecule has 1 aromatic carbocycles. The van der Waals surface area contributed by atoms with Gasteiger partial charge in [-0.2, -0.15) is 0 Å². The van der Waals surface area contributed by atoms with Crippen molar-refractivity contribution in [2.75, 3.05) is 7.05 Å². The summed E-state index contributed by atoms with van der Waals surface area (Å²) < 4.78 is 16.5. The fourth-order valence-corrected chi connectivity index (χ4v) is 6.84. The number of carbonyl (C=O) groups excluding carboxylic acids is 3. The number of aliphatic hydroxyl groups is 3. The quantitative estimate of drug-likeness (QED) is 0.102. The van der Waals surface area contributed by atoms with Crippen LogP contribution in [0.25, 0.3) is 0 Å². The maximum Gasteiger partial charge on any atom is 0.345 e. The van der Waals surface area contributed by atoms with Crippen molar-refractivity contribution in [1.29, 1.82) is 0 Å². The molecule has 17 nitrogen and oxygen atoms in total. The molecule has 4 rings (SSSR count). The third-order valence-corrected chi connectivity index (χ3v) is 9.11. The number of carboxylic acid groups (broad SMARTS) is 3. The number of aliphatic hydroxyl groups excluding tert-OH is 2. The molecule has 8 N–H and O–H groups in total. The number of phenolic OH excluding ortho intramolecular Hbond substituents is 1. The summed E-state index contributed by atoms with van der Waals surface area (Å²) in [6, 6.07) is 2.68. The molecule has 0 aromatic heterocycles. The molecular weight excluding hydrogens is 630 g/mol. The van der Waals surface area contributed by atoms with Crippen LogP contribution in [0.4, 0.5) is 0 Å². The lowest BCUT2D eigenvalue weighted by atomic mass is 9.52. The van der Waals surface area contributed by atoms with Crippen LogP contribution in [-0.4, -0.2) is 114 Å². The number of hydrogen-bond donors (Lipinski definition) is 8. The molecule has 0 amide bonds. The number of Topliss-reactive ketones (excluding diaryl/α,β-unsaturated/α-hetero) is 1. The van der Waals surface area contributed by atoms with Gasteiger partial charge in [0.1, 0.15) is 11.9 Å². The first-order valence-electron chi connectivity index (χ1n) is 14.6. The second kappa shape index (κ2) is 13.3. The number of aromatic hydroxyl groups is 1. The highest BCUT2D eigenvalue weighted by molar-refractivity contribution is 5.93. The number of carboxylic acids is 3. The van der Waals surface area contributed by atoms with Crippen LogP contribution in [0.2, 0.25) is 0 Å². The molecule has 1 heterocycles. The smallest absolute Gasteiger partial charge is 0.345 e. The Kier molecular flexibility index (Phi) is 9.96. The summed E-state index contributed by atoms with van der Waals surface area (Å²) in [5.74, 6) is -11.8. The third kappa shape index (κ3) is 6.14. The lowest BCUT2D eigenvalue weighted by Crippen LogP contribution is -2.70. The highest BCUT2D eigenvalue weighted by atomic mass is 16.6. The Morgan fingerprint density at radius 2 is 1.70 bits per heavy atom. The van der Waals surface area contributed by atoms with Gasteiger partial charge in [0.25, 0.3) is 0 Å². The van der Waals surface area contributed by atoms with Gasteiger partial charge in [-0.05, 0) is 37.6 Å². The Morgan fingerprint density at radius 3 is 2.28 bits per heavy atom. The number of phenols is 1. The van der Waals surface area contributed by atoms with Crippen LogP contribution >= 0.6 is 0 Å². The predicted molar refractivity (Wildman–Crippen MR) is 152 cm³/mol. The van der Waals surface area contributed by atoms with Gasteiger partial charge in [0, 0.05) is 24.4 Å². The second-order valence-electron chi connectivity index (χ2n) is 11.7. The van der Waals surface area contributed by atoms with Crippen molar-refractivity contribution in [2.24, 2.45) is 5.92 Å². The van der Waals surface area contributed by atoms with Crippen molar-refractivity contribution >= 4 is 35.6 Å². The zero-order valence-corrected chi connectivity index (χ0v) is 25.2. The van der Waals surface area contributed by atoms with Crippen LogP contribution in [0.5, 0.6) is 11.5 Å². The number of aliphatic carboxylic acids is 3. The van der Waals surface area contributed by atoms with E-state index in [9.17, 15) is 54.3 Å². The van der Waals surface area contributed by atoms with Gasteiger partial charge in [-0.25, -0.2) is 9.59 Å². The molecule has 0 radical (unpaired) electrons. The molecule has 47 heavy (non-hydrogen) atoms. The molecule has 0 fully saturated rings. The number of rotatable bonds is 15. The van der Waals surface area contributed by atoms with Crippen LogP contribution in [0, 0.1) is 5.92 Å². The highest BCUT2D eigenvalue weighted by Gasteiger charge is 2.69. The first kappa shape index (κ1) is 35.3. The normalized spacial score (nSPS) is 26.4. The summed E-state index contributed by atoms with van der Waals surface area (Å²) in [6.45, 7) is 1.79. The van der Waals surface area contributed by atoms with Crippen molar-refractivity contribution in [1.82, 2.24) is 5.32 Å². The Hall–Kier alpha value is -4.58. The predicted octanol–water partition coefficient (Wildman–Crippen LogP) is -1.25. The topological polar surface area (TPSA) is 284 Å². The van der Waals surface area contributed by atoms with E-state index in [2.05, 4.69) is 5.32 Å². The van der Waals surface area contributed by atoms with Crippen molar-refractivity contribution in [3.05, 3.63) is 35.1 Å². The van der Waals surface area contributed by atoms with Crippen LogP contribution in [0.15, 0.2) is 24.0 Å². The standard InChI is InChI=1S/C30H35NO16/c1-3-29-21-12-4-5-14(32)24(21)47-25(29)16(6-7-30(29,44)18(9-12)31-2)45-20(36)10-13(8-15(33)22(37)23(38)27(41)42)28(43)46-17(26(39)40)11-19(34)35/h4-6,13,17-18,22-23,25,31-32,37-38,44H,3,7-11H2,1-2H3,(H,34,35)(H,39,40)(H,41,42)/t13-,17+,18+,22-,23+,25-,29-,30+/m0/s1. The molecule has 0 spiro atoms. The highest BCUT2D eigenvalue weighted by Crippen LogP contribution is 2.63.